The first-order valence-corrected chi connectivity index (χ1v) is 11.4. The summed E-state index contributed by atoms with van der Waals surface area (Å²) >= 11 is 0. The largest absolute Gasteiger partial charge is 0.383 e. The third-order valence-corrected chi connectivity index (χ3v) is 6.33. The van der Waals surface area contributed by atoms with E-state index in [0.29, 0.717) is 31.6 Å². The van der Waals surface area contributed by atoms with E-state index in [9.17, 15) is 9.59 Å². The quantitative estimate of drug-likeness (QED) is 0.605. The Morgan fingerprint density at radius 3 is 2.61 bits per heavy atom. The van der Waals surface area contributed by atoms with Crippen molar-refractivity contribution in [3.63, 3.8) is 0 Å². The monoisotopic (exact) mass is 442 g/mol. The fraction of sp³-hybridized carbons (Fsp3) is 0.296. The first kappa shape index (κ1) is 22.5. The summed E-state index contributed by atoms with van der Waals surface area (Å²) in [6.07, 6.45) is 3.61. The van der Waals surface area contributed by atoms with Crippen LogP contribution in [0.25, 0.3) is 11.1 Å². The van der Waals surface area contributed by atoms with Crippen molar-refractivity contribution >= 4 is 17.6 Å². The number of carbonyl (C=O) groups excluding carboxylic acids is 2. The summed E-state index contributed by atoms with van der Waals surface area (Å²) in [5, 5.41) is 3.02. The summed E-state index contributed by atoms with van der Waals surface area (Å²) in [4.78, 5) is 32.4. The van der Waals surface area contributed by atoms with Gasteiger partial charge in [-0.05, 0) is 55.0 Å². The van der Waals surface area contributed by atoms with Crippen LogP contribution in [-0.2, 0) is 11.2 Å². The molecule has 1 aromatic heterocycles. The van der Waals surface area contributed by atoms with Crippen LogP contribution >= 0.6 is 0 Å². The number of nitrogens with zero attached hydrogens (tertiary/aromatic N) is 2. The number of nitrogen functional groups attached to an aromatic ring is 1. The molecule has 2 aromatic carbocycles. The highest BCUT2D eigenvalue weighted by Crippen LogP contribution is 2.36. The smallest absolute Gasteiger partial charge is 0.257 e. The molecule has 33 heavy (non-hydrogen) atoms. The third kappa shape index (κ3) is 4.90. The van der Waals surface area contributed by atoms with Gasteiger partial charge < -0.3 is 16.0 Å². The summed E-state index contributed by atoms with van der Waals surface area (Å²) in [5.41, 5.74) is 8.98. The maximum absolute atomic E-state index is 13.4. The van der Waals surface area contributed by atoms with Gasteiger partial charge in [-0.3, -0.25) is 9.59 Å². The predicted octanol–water partition coefficient (Wildman–Crippen LogP) is 3.93. The number of nitrogens with two attached hydrogens (primary N) is 1. The van der Waals surface area contributed by atoms with Crippen molar-refractivity contribution in [3.05, 3.63) is 84.1 Å². The maximum atomic E-state index is 13.4. The number of hydrogen-bond donors (Lipinski definition) is 2. The molecule has 3 aromatic rings. The Balaban J connectivity index is 1.64. The summed E-state index contributed by atoms with van der Waals surface area (Å²) in [6, 6.07) is 21.9. The zero-order valence-electron chi connectivity index (χ0n) is 19.0. The maximum Gasteiger partial charge on any atom is 0.257 e. The van der Waals surface area contributed by atoms with Gasteiger partial charge in [0.1, 0.15) is 5.82 Å². The van der Waals surface area contributed by atoms with Crippen LogP contribution in [0.1, 0.15) is 35.7 Å². The van der Waals surface area contributed by atoms with Gasteiger partial charge in [0.15, 0.2) is 0 Å². The van der Waals surface area contributed by atoms with Gasteiger partial charge in [0, 0.05) is 25.8 Å². The van der Waals surface area contributed by atoms with E-state index >= 15 is 0 Å². The molecule has 1 fully saturated rings. The Labute approximate surface area is 194 Å². The van der Waals surface area contributed by atoms with Crippen LogP contribution in [0.4, 0.5) is 5.82 Å². The SMILES string of the molecule is CCNC(=O)C1(Cc2cccc(-c3ccccc3)c2)CCCN(C(=O)c2cccnc2N)C1. The Kier molecular flexibility index (Phi) is 6.73. The van der Waals surface area contributed by atoms with Gasteiger partial charge in [-0.25, -0.2) is 4.98 Å². The van der Waals surface area contributed by atoms with E-state index in [1.54, 1.807) is 23.2 Å². The summed E-state index contributed by atoms with van der Waals surface area (Å²) < 4.78 is 0. The second-order valence-corrected chi connectivity index (χ2v) is 8.65. The summed E-state index contributed by atoms with van der Waals surface area (Å²) in [7, 11) is 0. The van der Waals surface area contributed by atoms with Crippen molar-refractivity contribution < 1.29 is 9.59 Å². The number of pyridine rings is 1. The van der Waals surface area contributed by atoms with E-state index in [2.05, 4.69) is 40.6 Å². The number of aromatic nitrogens is 1. The molecular weight excluding hydrogens is 412 g/mol. The Bertz CT molecular complexity index is 1130. The molecule has 1 aliphatic heterocycles. The number of nitrogens with one attached hydrogen (secondary N) is 1. The highest BCUT2D eigenvalue weighted by Gasteiger charge is 2.43. The molecule has 2 amide bonds. The molecule has 1 saturated heterocycles. The Morgan fingerprint density at radius 2 is 1.85 bits per heavy atom. The van der Waals surface area contributed by atoms with Crippen molar-refractivity contribution in [1.82, 2.24) is 15.2 Å². The zero-order valence-corrected chi connectivity index (χ0v) is 19.0. The van der Waals surface area contributed by atoms with Crippen LogP contribution in [0.2, 0.25) is 0 Å². The predicted molar refractivity (Wildman–Crippen MR) is 130 cm³/mol. The van der Waals surface area contributed by atoms with Gasteiger partial charge >= 0.3 is 0 Å². The van der Waals surface area contributed by atoms with Gasteiger partial charge in [-0.2, -0.15) is 0 Å². The first-order valence-electron chi connectivity index (χ1n) is 11.4. The Morgan fingerprint density at radius 1 is 1.06 bits per heavy atom. The summed E-state index contributed by atoms with van der Waals surface area (Å²) in [5.74, 6) is 0.0334. The molecule has 1 unspecified atom stereocenters. The molecule has 4 rings (SSSR count). The Hall–Kier alpha value is -3.67. The fourth-order valence-electron chi connectivity index (χ4n) is 4.71. The summed E-state index contributed by atoms with van der Waals surface area (Å²) in [6.45, 7) is 3.41. The highest BCUT2D eigenvalue weighted by molar-refractivity contribution is 5.98. The average molecular weight is 443 g/mol. The molecule has 6 heteroatoms. The second kappa shape index (κ2) is 9.86. The van der Waals surface area contributed by atoms with Crippen LogP contribution in [-0.4, -0.2) is 41.3 Å². The van der Waals surface area contributed by atoms with Crippen LogP contribution in [0.15, 0.2) is 72.9 Å². The topological polar surface area (TPSA) is 88.3 Å². The molecule has 2 heterocycles. The average Bonchev–Trinajstić information content (AvgIpc) is 2.85. The molecule has 170 valence electrons. The van der Waals surface area contributed by atoms with Gasteiger partial charge in [0.2, 0.25) is 5.91 Å². The normalized spacial score (nSPS) is 18.0. The number of piperidine rings is 1. The molecule has 1 atom stereocenters. The zero-order chi connectivity index (χ0) is 23.3. The number of hydrogen-bond acceptors (Lipinski definition) is 4. The van der Waals surface area contributed by atoms with E-state index in [1.807, 2.05) is 31.2 Å². The molecular formula is C27H30N4O2. The lowest BCUT2D eigenvalue weighted by molar-refractivity contribution is -0.133. The number of rotatable bonds is 6. The van der Waals surface area contributed by atoms with E-state index < -0.39 is 5.41 Å². The van der Waals surface area contributed by atoms with Crippen molar-refractivity contribution in [2.75, 3.05) is 25.4 Å². The lowest BCUT2D eigenvalue weighted by Crippen LogP contribution is -2.54. The number of likely N-dealkylation sites (tertiary alicyclic amines) is 1. The van der Waals surface area contributed by atoms with Gasteiger partial charge in [-0.15, -0.1) is 0 Å². The molecule has 3 N–H and O–H groups in total. The van der Waals surface area contributed by atoms with E-state index in [4.69, 9.17) is 5.73 Å². The lowest BCUT2D eigenvalue weighted by atomic mass is 9.73. The van der Waals surface area contributed by atoms with E-state index in [-0.39, 0.29) is 17.6 Å². The van der Waals surface area contributed by atoms with Crippen molar-refractivity contribution in [3.8, 4) is 11.1 Å². The van der Waals surface area contributed by atoms with Gasteiger partial charge in [0.25, 0.3) is 5.91 Å². The van der Waals surface area contributed by atoms with E-state index in [0.717, 1.165) is 29.5 Å². The van der Waals surface area contributed by atoms with Crippen molar-refractivity contribution in [1.29, 1.82) is 0 Å². The molecule has 0 spiro atoms. The number of carbonyl (C=O) groups is 2. The fourth-order valence-corrected chi connectivity index (χ4v) is 4.71. The minimum absolute atomic E-state index is 0.00762. The standard InChI is InChI=1S/C27H30N4O2/c1-2-29-26(33)27(18-20-9-6-12-22(17-20)21-10-4-3-5-11-21)14-8-16-31(19-27)25(32)23-13-7-15-30-24(23)28/h3-7,9-13,15,17H,2,8,14,16,18-19H2,1H3,(H2,28,30)(H,29,33). The minimum atomic E-state index is -0.698. The van der Waals surface area contributed by atoms with Gasteiger partial charge in [-0.1, -0.05) is 54.6 Å². The second-order valence-electron chi connectivity index (χ2n) is 8.65. The molecule has 0 saturated carbocycles. The molecule has 0 radical (unpaired) electrons. The molecule has 6 nitrogen and oxygen atoms in total. The van der Waals surface area contributed by atoms with Crippen LogP contribution in [0, 0.1) is 5.41 Å². The number of amides is 2. The third-order valence-electron chi connectivity index (χ3n) is 6.33. The molecule has 0 aliphatic carbocycles. The molecule has 0 bridgehead atoms. The van der Waals surface area contributed by atoms with Gasteiger partial charge in [0.05, 0.1) is 11.0 Å². The van der Waals surface area contributed by atoms with E-state index in [1.165, 1.54) is 0 Å². The lowest BCUT2D eigenvalue weighted by Gasteiger charge is -2.42. The minimum Gasteiger partial charge on any atom is -0.383 e. The highest BCUT2D eigenvalue weighted by atomic mass is 16.2. The van der Waals surface area contributed by atoms with Crippen LogP contribution < -0.4 is 11.1 Å². The number of benzene rings is 2. The molecule has 1 aliphatic rings. The van der Waals surface area contributed by atoms with Crippen LogP contribution in [0.5, 0.6) is 0 Å². The van der Waals surface area contributed by atoms with Crippen molar-refractivity contribution in [2.45, 2.75) is 26.2 Å². The van der Waals surface area contributed by atoms with Crippen LogP contribution in [0.3, 0.4) is 0 Å². The first-order chi connectivity index (χ1) is 16.0. The van der Waals surface area contributed by atoms with Crippen molar-refractivity contribution in [2.24, 2.45) is 5.41 Å². The number of anilines is 1.